The lowest BCUT2D eigenvalue weighted by Crippen LogP contribution is -2.45. The second kappa shape index (κ2) is 7.70. The van der Waals surface area contributed by atoms with Crippen LogP contribution in [-0.4, -0.2) is 54.7 Å². The van der Waals surface area contributed by atoms with Gasteiger partial charge in [-0.1, -0.05) is 25.4 Å². The lowest BCUT2D eigenvalue weighted by atomic mass is 10.1. The van der Waals surface area contributed by atoms with E-state index in [2.05, 4.69) is 23.7 Å². The Morgan fingerprint density at radius 3 is 2.71 bits per heavy atom. The van der Waals surface area contributed by atoms with Crippen molar-refractivity contribution in [2.24, 2.45) is 5.92 Å². The van der Waals surface area contributed by atoms with E-state index in [1.54, 1.807) is 12.3 Å². The number of likely N-dealkylation sites (tertiary alicyclic amines) is 1. The average Bonchev–Trinajstić information content (AvgIpc) is 2.62. The highest BCUT2D eigenvalue weighted by Gasteiger charge is 2.26. The molecular formula is C18H26ClN3O2. The van der Waals surface area contributed by atoms with Crippen LogP contribution in [0.15, 0.2) is 12.3 Å². The third-order valence-electron chi connectivity index (χ3n) is 4.85. The number of amides is 1. The van der Waals surface area contributed by atoms with Crippen molar-refractivity contribution in [1.29, 1.82) is 0 Å². The first-order chi connectivity index (χ1) is 11.6. The fourth-order valence-electron chi connectivity index (χ4n) is 3.33. The van der Waals surface area contributed by atoms with Crippen molar-refractivity contribution in [2.75, 3.05) is 37.7 Å². The molecule has 132 valence electrons. The number of carbonyl (C=O) groups is 1. The van der Waals surface area contributed by atoms with Crippen molar-refractivity contribution in [3.8, 4) is 0 Å². The van der Waals surface area contributed by atoms with Crippen LogP contribution in [0.1, 0.15) is 43.5 Å². The molecule has 24 heavy (non-hydrogen) atoms. The van der Waals surface area contributed by atoms with Crippen LogP contribution in [0.25, 0.3) is 0 Å². The monoisotopic (exact) mass is 351 g/mol. The predicted octanol–water partition coefficient (Wildman–Crippen LogP) is 3.22. The second-order valence-corrected chi connectivity index (χ2v) is 7.39. The molecule has 0 saturated carbocycles. The van der Waals surface area contributed by atoms with Gasteiger partial charge in [0.15, 0.2) is 0 Å². The molecule has 0 N–H and O–H groups in total. The van der Waals surface area contributed by atoms with Gasteiger partial charge in [0, 0.05) is 32.4 Å². The van der Waals surface area contributed by atoms with Crippen molar-refractivity contribution in [1.82, 2.24) is 9.88 Å². The number of pyridine rings is 1. The van der Waals surface area contributed by atoms with E-state index in [-0.39, 0.29) is 12.0 Å². The highest BCUT2D eigenvalue weighted by molar-refractivity contribution is 6.33. The third-order valence-corrected chi connectivity index (χ3v) is 5.13. The molecule has 1 atom stereocenters. The number of hydrogen-bond acceptors (Lipinski definition) is 4. The number of hydrogen-bond donors (Lipinski definition) is 0. The zero-order valence-electron chi connectivity index (χ0n) is 14.5. The molecule has 0 bridgehead atoms. The summed E-state index contributed by atoms with van der Waals surface area (Å²) < 4.78 is 5.80. The van der Waals surface area contributed by atoms with Crippen LogP contribution >= 0.6 is 11.6 Å². The summed E-state index contributed by atoms with van der Waals surface area (Å²) in [6.45, 7) is 8.21. The van der Waals surface area contributed by atoms with Crippen molar-refractivity contribution >= 4 is 23.3 Å². The molecule has 2 fully saturated rings. The molecular weight excluding hydrogens is 326 g/mol. The Morgan fingerprint density at radius 1 is 1.29 bits per heavy atom. The van der Waals surface area contributed by atoms with E-state index < -0.39 is 0 Å². The van der Waals surface area contributed by atoms with Gasteiger partial charge >= 0.3 is 0 Å². The molecule has 5 nitrogen and oxygen atoms in total. The van der Waals surface area contributed by atoms with Crippen LogP contribution in [-0.2, 0) is 4.74 Å². The smallest absolute Gasteiger partial charge is 0.255 e. The maximum atomic E-state index is 12.6. The van der Waals surface area contributed by atoms with Crippen molar-refractivity contribution in [3.63, 3.8) is 0 Å². The van der Waals surface area contributed by atoms with E-state index in [0.29, 0.717) is 23.1 Å². The summed E-state index contributed by atoms with van der Waals surface area (Å²) in [7, 11) is 0. The summed E-state index contributed by atoms with van der Waals surface area (Å²) in [5.41, 5.74) is 0.583. The molecule has 6 heteroatoms. The van der Waals surface area contributed by atoms with E-state index in [1.165, 1.54) is 6.42 Å². The highest BCUT2D eigenvalue weighted by atomic mass is 35.5. The molecule has 2 aliphatic heterocycles. The van der Waals surface area contributed by atoms with Crippen LogP contribution in [0, 0.1) is 5.92 Å². The first kappa shape index (κ1) is 17.5. The van der Waals surface area contributed by atoms with Crippen LogP contribution in [0.3, 0.4) is 0 Å². The Kier molecular flexibility index (Phi) is 5.61. The molecule has 2 aliphatic rings. The van der Waals surface area contributed by atoms with E-state index in [0.717, 1.165) is 44.8 Å². The van der Waals surface area contributed by atoms with Gasteiger partial charge in [0.25, 0.3) is 5.91 Å². The van der Waals surface area contributed by atoms with Gasteiger partial charge in [0.05, 0.1) is 23.3 Å². The summed E-state index contributed by atoms with van der Waals surface area (Å²) in [5.74, 6) is 1.24. The number of halogens is 1. The van der Waals surface area contributed by atoms with Gasteiger partial charge < -0.3 is 14.5 Å². The van der Waals surface area contributed by atoms with Crippen LogP contribution in [0.2, 0.25) is 5.02 Å². The molecule has 0 aromatic carbocycles. The summed E-state index contributed by atoms with van der Waals surface area (Å²) in [6, 6.07) is 1.76. The lowest BCUT2D eigenvalue weighted by Gasteiger charge is -2.36. The van der Waals surface area contributed by atoms with Crippen LogP contribution in [0.4, 0.5) is 5.82 Å². The molecule has 0 spiro atoms. The molecule has 1 aromatic rings. The van der Waals surface area contributed by atoms with Crippen molar-refractivity contribution < 1.29 is 9.53 Å². The van der Waals surface area contributed by atoms with Gasteiger partial charge in [-0.2, -0.15) is 0 Å². The summed E-state index contributed by atoms with van der Waals surface area (Å²) in [5, 5.41) is 0.544. The minimum Gasteiger partial charge on any atom is -0.374 e. The van der Waals surface area contributed by atoms with Gasteiger partial charge in [-0.3, -0.25) is 4.79 Å². The number of carbonyl (C=O) groups excluding carboxylic acids is 1. The average molecular weight is 352 g/mol. The summed E-state index contributed by atoms with van der Waals surface area (Å²) in [6.07, 6.45) is 5.21. The highest BCUT2D eigenvalue weighted by Crippen LogP contribution is 2.27. The minimum atomic E-state index is 0.0395. The minimum absolute atomic E-state index is 0.0395. The van der Waals surface area contributed by atoms with Crippen LogP contribution in [0.5, 0.6) is 0 Å². The Balaban J connectivity index is 1.73. The van der Waals surface area contributed by atoms with E-state index >= 15 is 0 Å². The third kappa shape index (κ3) is 3.83. The number of nitrogens with zero attached hydrogens (tertiary/aromatic N) is 3. The molecule has 3 heterocycles. The number of piperidine rings is 1. The number of anilines is 1. The van der Waals surface area contributed by atoms with Gasteiger partial charge in [-0.05, 0) is 31.2 Å². The summed E-state index contributed by atoms with van der Waals surface area (Å²) in [4.78, 5) is 21.1. The van der Waals surface area contributed by atoms with Gasteiger partial charge in [-0.25, -0.2) is 4.98 Å². The maximum Gasteiger partial charge on any atom is 0.255 e. The topological polar surface area (TPSA) is 45.7 Å². The quantitative estimate of drug-likeness (QED) is 0.838. The number of ether oxygens (including phenoxy) is 1. The molecule has 2 saturated heterocycles. The Morgan fingerprint density at radius 2 is 2.04 bits per heavy atom. The number of rotatable bonds is 3. The SMILES string of the molecule is CC(C)[C@@H]1CN(c2ncc(C(=O)N3CCCCC3)cc2Cl)CCO1. The normalized spacial score (nSPS) is 22.1. The fourth-order valence-corrected chi connectivity index (χ4v) is 3.62. The number of morpholine rings is 1. The Bertz CT molecular complexity index is 588. The predicted molar refractivity (Wildman–Crippen MR) is 95.8 cm³/mol. The van der Waals surface area contributed by atoms with Crippen molar-refractivity contribution in [2.45, 2.75) is 39.2 Å². The van der Waals surface area contributed by atoms with E-state index in [1.807, 2.05) is 4.90 Å². The first-order valence-corrected chi connectivity index (χ1v) is 9.25. The second-order valence-electron chi connectivity index (χ2n) is 6.98. The molecule has 1 aromatic heterocycles. The lowest BCUT2D eigenvalue weighted by molar-refractivity contribution is 0.0112. The van der Waals surface area contributed by atoms with Crippen molar-refractivity contribution in [3.05, 3.63) is 22.8 Å². The molecule has 0 unspecified atom stereocenters. The molecule has 0 radical (unpaired) electrons. The van der Waals surface area contributed by atoms with E-state index in [9.17, 15) is 4.79 Å². The Labute approximate surface area is 148 Å². The largest absolute Gasteiger partial charge is 0.374 e. The standard InChI is InChI=1S/C18H26ClN3O2/c1-13(2)16-12-22(8-9-24-16)17-15(19)10-14(11-20-17)18(23)21-6-4-3-5-7-21/h10-11,13,16H,3-9,12H2,1-2H3/t16-/m0/s1. The fraction of sp³-hybridized carbons (Fsp3) is 0.667. The zero-order chi connectivity index (χ0) is 17.1. The number of aromatic nitrogens is 1. The first-order valence-electron chi connectivity index (χ1n) is 8.87. The van der Waals surface area contributed by atoms with Gasteiger partial charge in [-0.15, -0.1) is 0 Å². The summed E-state index contributed by atoms with van der Waals surface area (Å²) >= 11 is 6.46. The molecule has 3 rings (SSSR count). The maximum absolute atomic E-state index is 12.6. The Hall–Kier alpha value is -1.33. The molecule has 1 amide bonds. The van der Waals surface area contributed by atoms with Gasteiger partial charge in [0.2, 0.25) is 0 Å². The van der Waals surface area contributed by atoms with E-state index in [4.69, 9.17) is 16.3 Å². The van der Waals surface area contributed by atoms with Gasteiger partial charge in [0.1, 0.15) is 5.82 Å². The molecule has 0 aliphatic carbocycles. The zero-order valence-corrected chi connectivity index (χ0v) is 15.3. The van der Waals surface area contributed by atoms with Crippen LogP contribution < -0.4 is 4.90 Å².